The second-order valence-electron chi connectivity index (χ2n) is 30.0. The summed E-state index contributed by atoms with van der Waals surface area (Å²) in [5.41, 5.74) is 21.4. The van der Waals surface area contributed by atoms with Crippen LogP contribution in [0.15, 0.2) is 116 Å². The zero-order valence-corrected chi connectivity index (χ0v) is 63.3. The number of Topliss-reactive ketones (excluding diaryl/α,β-unsaturated/α-hetero) is 1. The summed E-state index contributed by atoms with van der Waals surface area (Å²) >= 11 is 0. The van der Waals surface area contributed by atoms with E-state index in [4.69, 9.17) is 34.9 Å². The van der Waals surface area contributed by atoms with Gasteiger partial charge in [0, 0.05) is 147 Å². The van der Waals surface area contributed by atoms with Crippen LogP contribution in [-0.2, 0) is 81.8 Å². The van der Waals surface area contributed by atoms with E-state index in [1.54, 1.807) is 27.8 Å². The van der Waals surface area contributed by atoms with Crippen LogP contribution >= 0.6 is 0 Å². The normalized spacial score (nSPS) is 20.5. The molecule has 10 aromatic rings. The van der Waals surface area contributed by atoms with Crippen molar-refractivity contribution in [3.05, 3.63) is 161 Å². The smallest absolute Gasteiger partial charge is 0.414 e. The van der Waals surface area contributed by atoms with Crippen molar-refractivity contribution in [2.45, 2.75) is 187 Å². The monoisotopic (exact) mass is 1470 g/mol. The molecule has 0 unspecified atom stereocenters. The zero-order valence-electron chi connectivity index (χ0n) is 63.3. The molecule has 25 nitrogen and oxygen atoms in total. The van der Waals surface area contributed by atoms with E-state index in [2.05, 4.69) is 134 Å². The summed E-state index contributed by atoms with van der Waals surface area (Å²) in [7, 11) is 4.29. The third-order valence-electron chi connectivity index (χ3n) is 23.4. The molecule has 2 saturated carbocycles. The molecule has 16 rings (SSSR count). The van der Waals surface area contributed by atoms with Crippen molar-refractivity contribution < 1.29 is 43.0 Å². The third kappa shape index (κ3) is 15.4. The Balaban J connectivity index is 0.000000136. The second kappa shape index (κ2) is 32.9. The Morgan fingerprint density at radius 2 is 1.07 bits per heavy atom. The van der Waals surface area contributed by atoms with Crippen LogP contribution in [0.3, 0.4) is 0 Å². The number of primary amides is 1. The summed E-state index contributed by atoms with van der Waals surface area (Å²) in [4.78, 5) is 99.5. The van der Waals surface area contributed by atoms with Crippen molar-refractivity contribution in [2.24, 2.45) is 17.6 Å². The molecule has 25 heteroatoms. The van der Waals surface area contributed by atoms with Gasteiger partial charge < -0.3 is 54.2 Å². The molecular formula is C83H102N16O9. The summed E-state index contributed by atoms with van der Waals surface area (Å²) in [5.74, 6) is 3.36. The fraction of sp³-hybridized carbons (Fsp3) is 0.470. The van der Waals surface area contributed by atoms with Gasteiger partial charge in [0.1, 0.15) is 23.3 Å². The van der Waals surface area contributed by atoms with E-state index in [1.165, 1.54) is 32.3 Å². The standard InChI is InChI=1S/C30H34N4O3.C28H34N4O3.C25H34N8O3/c1-18-8-13-24-26(33(18)30(36)37-3)14-15-27-29(24)32-28(17-22-16-21-6-4-5-7-25(21)31-22)34(27)23-11-9-20(10-12-23)19(2)35;1-18-8-14-22-23(31(18)28(34)35-2)15-16-24-26(22)30-25(17-9-19-6-4-3-5-7-19)32(24)21-12-10-20(11-13-21)27(29)33;1-18-4-5-19-20(33(18)25(35)36-2)6-7-21-23(19)29-22(8-14-31-13-3-9-28-31)32(21)17-11-26-10-15-30-16-12-27-24(30)34/h4-7,14-16,18,20,23,31H,8-13,17H2,1-3H3;3-7,15-16,18,20-21H,8-14,17H2,1-2H3,(H2,29,33);3,6-7,9,13,18,26H,4-5,8,10-12,14-17H2,1-2H3,(H,27,34)/t18-,20?,23?;18-,20?,21?;18-/m000/s1. The van der Waals surface area contributed by atoms with Gasteiger partial charge in [0.05, 0.1) is 71.5 Å². The fourth-order valence-corrected chi connectivity index (χ4v) is 17.6. The quantitative estimate of drug-likeness (QED) is 0.0459. The topological polar surface area (TPSA) is 280 Å². The Morgan fingerprint density at radius 3 is 1.60 bits per heavy atom. The Kier molecular flexibility index (Phi) is 22.6. The number of nitrogens with two attached hydrogens (primary N) is 1. The number of ether oxygens (including phenoxy) is 3. The number of urea groups is 1. The molecule has 4 aliphatic heterocycles. The van der Waals surface area contributed by atoms with Gasteiger partial charge in [-0.2, -0.15) is 5.10 Å². The lowest BCUT2D eigenvalue weighted by Gasteiger charge is -2.34. The van der Waals surface area contributed by atoms with Gasteiger partial charge in [-0.1, -0.05) is 48.5 Å². The van der Waals surface area contributed by atoms with Crippen molar-refractivity contribution in [3.8, 4) is 0 Å². The molecule has 5 aromatic carbocycles. The van der Waals surface area contributed by atoms with E-state index >= 15 is 0 Å². The van der Waals surface area contributed by atoms with Gasteiger partial charge in [0.15, 0.2) is 0 Å². The van der Waals surface area contributed by atoms with Crippen LogP contribution in [0.1, 0.15) is 156 Å². The summed E-state index contributed by atoms with van der Waals surface area (Å²) in [5, 5.41) is 11.8. The SMILES string of the molecule is COC(=O)N1c2ccc3c(nc(CCc4ccccc4)n3C3CCC(C(N)=O)CC3)c2CC[C@@H]1C.COC(=O)N1c2ccc3c(nc(CCn4cccn4)n3CCNCCN3CCNC3=O)c2CC[C@@H]1C.COC(=O)N1c2ccc3c(nc(Cc4cc5ccccc5[nH]4)n3C3CCC(C(C)=O)CC3)c2CC[C@@H]1C. The highest BCUT2D eigenvalue weighted by Crippen LogP contribution is 2.44. The average molecular weight is 1470 g/mol. The number of benzene rings is 5. The molecule has 6 aliphatic rings. The zero-order chi connectivity index (χ0) is 75.3. The first-order chi connectivity index (χ1) is 52.5. The van der Waals surface area contributed by atoms with Crippen LogP contribution in [-0.4, -0.2) is 156 Å². The molecule has 568 valence electrons. The van der Waals surface area contributed by atoms with E-state index in [0.29, 0.717) is 30.8 Å². The predicted molar refractivity (Wildman–Crippen MR) is 418 cm³/mol. The minimum absolute atomic E-state index is 0.0124. The Labute approximate surface area is 629 Å². The molecule has 5 N–H and O–H groups in total. The molecule has 0 spiro atoms. The lowest BCUT2D eigenvalue weighted by atomic mass is 9.83. The average Bonchev–Trinajstić information content (AvgIpc) is 1.55. The number of anilines is 3. The summed E-state index contributed by atoms with van der Waals surface area (Å²) < 4.78 is 24.3. The maximum absolute atomic E-state index is 12.7. The number of H-pyrrole nitrogens is 1. The fourth-order valence-electron chi connectivity index (χ4n) is 17.6. The maximum Gasteiger partial charge on any atom is 0.414 e. The molecule has 2 aliphatic carbocycles. The molecule has 9 heterocycles. The van der Waals surface area contributed by atoms with Gasteiger partial charge in [-0.15, -0.1) is 0 Å². The second-order valence-corrected chi connectivity index (χ2v) is 30.0. The Bertz CT molecular complexity index is 4870. The van der Waals surface area contributed by atoms with Crippen LogP contribution in [0.25, 0.3) is 44.0 Å². The minimum atomic E-state index is -0.336. The van der Waals surface area contributed by atoms with Crippen LogP contribution in [0.5, 0.6) is 0 Å². The highest BCUT2D eigenvalue weighted by Gasteiger charge is 2.37. The van der Waals surface area contributed by atoms with Gasteiger partial charge in [-0.25, -0.2) is 34.1 Å². The lowest BCUT2D eigenvalue weighted by molar-refractivity contribution is -0.123. The molecule has 5 aromatic heterocycles. The van der Waals surface area contributed by atoms with Crippen LogP contribution in [0.2, 0.25) is 0 Å². The molecule has 3 atom stereocenters. The maximum atomic E-state index is 12.7. The largest absolute Gasteiger partial charge is 0.452 e. The molecule has 108 heavy (non-hydrogen) atoms. The molecule has 0 radical (unpaired) electrons. The number of imidazole rings is 3. The number of nitrogens with zero attached hydrogens (tertiary/aromatic N) is 12. The van der Waals surface area contributed by atoms with Crippen LogP contribution in [0, 0.1) is 11.8 Å². The van der Waals surface area contributed by atoms with Gasteiger partial charge in [0.2, 0.25) is 5.91 Å². The van der Waals surface area contributed by atoms with Crippen molar-refractivity contribution in [2.75, 3.05) is 68.8 Å². The van der Waals surface area contributed by atoms with Crippen molar-refractivity contribution in [3.63, 3.8) is 0 Å². The summed E-state index contributed by atoms with van der Waals surface area (Å²) in [6.07, 6.45) is 18.4. The first-order valence-electron chi connectivity index (χ1n) is 38.8. The van der Waals surface area contributed by atoms with E-state index in [-0.39, 0.29) is 60.2 Å². The number of methoxy groups -OCH3 is 3. The van der Waals surface area contributed by atoms with Gasteiger partial charge in [-0.3, -0.25) is 29.0 Å². The number of carbonyl (C=O) groups excluding carboxylic acids is 6. The summed E-state index contributed by atoms with van der Waals surface area (Å²) in [6.45, 7) is 13.1. The van der Waals surface area contributed by atoms with Crippen molar-refractivity contribution in [1.82, 2.24) is 59.0 Å². The predicted octanol–water partition coefficient (Wildman–Crippen LogP) is 13.3. The number of hydrogen-bond acceptors (Lipinski definition) is 14. The molecule has 1 saturated heterocycles. The van der Waals surface area contributed by atoms with E-state index in [0.717, 1.165) is 244 Å². The van der Waals surface area contributed by atoms with Crippen LogP contribution in [0.4, 0.5) is 36.2 Å². The molecular weight excluding hydrogens is 1370 g/mol. The first-order valence-corrected chi connectivity index (χ1v) is 38.8. The minimum Gasteiger partial charge on any atom is -0.452 e. The van der Waals surface area contributed by atoms with Gasteiger partial charge in [0.25, 0.3) is 0 Å². The van der Waals surface area contributed by atoms with Crippen molar-refractivity contribution >= 4 is 97.1 Å². The number of nitrogens with one attached hydrogen (secondary N) is 3. The number of aryl methyl sites for hydroxylation is 7. The van der Waals surface area contributed by atoms with Crippen LogP contribution < -0.4 is 31.1 Å². The van der Waals surface area contributed by atoms with E-state index < -0.39 is 0 Å². The number of rotatable bonds is 18. The van der Waals surface area contributed by atoms with Gasteiger partial charge >= 0.3 is 24.3 Å². The van der Waals surface area contributed by atoms with Gasteiger partial charge in [-0.05, 0) is 190 Å². The third-order valence-corrected chi connectivity index (χ3v) is 23.4. The Morgan fingerprint density at radius 1 is 0.556 bits per heavy atom. The van der Waals surface area contributed by atoms with Crippen molar-refractivity contribution in [1.29, 1.82) is 0 Å². The highest BCUT2D eigenvalue weighted by molar-refractivity contribution is 5.98. The van der Waals surface area contributed by atoms with E-state index in [1.807, 2.05) is 40.0 Å². The number of aromatic amines is 1. The summed E-state index contributed by atoms with van der Waals surface area (Å²) in [6, 6.07) is 36.2. The number of amides is 6. The number of para-hydroxylation sites is 1. The lowest BCUT2D eigenvalue weighted by Crippen LogP contribution is -2.42. The number of hydrogen-bond donors (Lipinski definition) is 4. The number of aromatic nitrogens is 9. The molecule has 3 fully saturated rings. The highest BCUT2D eigenvalue weighted by atomic mass is 16.6. The van der Waals surface area contributed by atoms with E-state index in [9.17, 15) is 28.8 Å². The first kappa shape index (κ1) is 74.3. The number of ketones is 1. The number of fused-ring (bicyclic) bond motifs is 10. The molecule has 0 bridgehead atoms. The Hall–Kier alpha value is -10.6. The molecule has 6 amide bonds. The number of carbonyl (C=O) groups is 6.